The lowest BCUT2D eigenvalue weighted by atomic mass is 10.1. The second kappa shape index (κ2) is 6.03. The van der Waals surface area contributed by atoms with Crippen LogP contribution in [0.1, 0.15) is 18.9 Å². The molecule has 1 rings (SSSR count). The summed E-state index contributed by atoms with van der Waals surface area (Å²) in [4.78, 5) is 0. The molecule has 17 heavy (non-hydrogen) atoms. The summed E-state index contributed by atoms with van der Waals surface area (Å²) in [7, 11) is 5.96. The second-order valence-electron chi connectivity index (χ2n) is 5.19. The molecule has 0 fully saturated rings. The summed E-state index contributed by atoms with van der Waals surface area (Å²) in [5.74, 6) is 0.888. The van der Waals surface area contributed by atoms with E-state index in [1.807, 2.05) is 19.1 Å². The highest BCUT2D eigenvalue weighted by Gasteiger charge is 2.20. The Balaban J connectivity index is 2.68. The molecule has 1 aromatic carbocycles. The first-order chi connectivity index (χ1) is 7.96. The number of benzene rings is 1. The minimum atomic E-state index is -0.226. The molecule has 0 aliphatic rings. The molecule has 0 aromatic heterocycles. The highest BCUT2D eigenvalue weighted by molar-refractivity contribution is 5.27. The number of nitrogens with zero attached hydrogens (tertiary/aromatic N) is 1. The van der Waals surface area contributed by atoms with Crippen molar-refractivity contribution in [1.82, 2.24) is 0 Å². The normalized spacial score (nSPS) is 13.5. The van der Waals surface area contributed by atoms with Gasteiger partial charge in [0.15, 0.2) is 0 Å². The molecule has 1 aromatic rings. The predicted octanol–water partition coefficient (Wildman–Crippen LogP) is 2.04. The highest BCUT2D eigenvalue weighted by atomic mass is 16.5. The van der Waals surface area contributed by atoms with Crippen LogP contribution in [-0.4, -0.2) is 43.4 Å². The van der Waals surface area contributed by atoms with Crippen LogP contribution in [0.25, 0.3) is 0 Å². The van der Waals surface area contributed by atoms with Crippen LogP contribution in [0.4, 0.5) is 0 Å². The van der Waals surface area contributed by atoms with Crippen molar-refractivity contribution in [2.24, 2.45) is 0 Å². The van der Waals surface area contributed by atoms with E-state index >= 15 is 0 Å². The molecule has 0 saturated carbocycles. The van der Waals surface area contributed by atoms with E-state index in [1.54, 1.807) is 7.11 Å². The van der Waals surface area contributed by atoms with Crippen molar-refractivity contribution in [3.8, 4) is 5.75 Å². The molecule has 1 atom stereocenters. The molecule has 0 spiro atoms. The molecule has 1 unspecified atom stereocenters. The summed E-state index contributed by atoms with van der Waals surface area (Å²) >= 11 is 0. The predicted molar refractivity (Wildman–Crippen MR) is 70.0 cm³/mol. The number of aliphatic hydroxyl groups is 1. The van der Waals surface area contributed by atoms with Crippen LogP contribution in [0, 0.1) is 0 Å². The van der Waals surface area contributed by atoms with Crippen molar-refractivity contribution < 1.29 is 14.3 Å². The third-order valence-electron chi connectivity index (χ3n) is 2.92. The summed E-state index contributed by atoms with van der Waals surface area (Å²) in [6.45, 7) is 3.68. The van der Waals surface area contributed by atoms with Gasteiger partial charge < -0.3 is 14.3 Å². The Kier molecular flexibility index (Phi) is 4.97. The zero-order valence-corrected chi connectivity index (χ0v) is 11.3. The molecule has 96 valence electrons. The third-order valence-corrected chi connectivity index (χ3v) is 2.92. The van der Waals surface area contributed by atoms with Gasteiger partial charge in [-0.25, -0.2) is 0 Å². The van der Waals surface area contributed by atoms with Crippen LogP contribution in [0.15, 0.2) is 24.3 Å². The SMILES string of the molecule is CCC(O)C[N+](C)(C)Cc1cccc(OC)c1. The lowest BCUT2D eigenvalue weighted by Crippen LogP contribution is -2.44. The van der Waals surface area contributed by atoms with Gasteiger partial charge in [-0.1, -0.05) is 19.1 Å². The molecular weight excluding hydrogens is 214 g/mol. The van der Waals surface area contributed by atoms with Crippen molar-refractivity contribution in [3.63, 3.8) is 0 Å². The van der Waals surface area contributed by atoms with Crippen LogP contribution in [0.3, 0.4) is 0 Å². The Bertz CT molecular complexity index is 350. The van der Waals surface area contributed by atoms with E-state index in [1.165, 1.54) is 5.56 Å². The minimum Gasteiger partial charge on any atom is -0.497 e. The fourth-order valence-corrected chi connectivity index (χ4v) is 2.03. The van der Waals surface area contributed by atoms with Crippen molar-refractivity contribution >= 4 is 0 Å². The van der Waals surface area contributed by atoms with E-state index in [0.717, 1.165) is 29.7 Å². The van der Waals surface area contributed by atoms with Gasteiger partial charge in [-0.2, -0.15) is 0 Å². The summed E-state index contributed by atoms with van der Waals surface area (Å²) in [6, 6.07) is 8.11. The van der Waals surface area contributed by atoms with E-state index < -0.39 is 0 Å². The topological polar surface area (TPSA) is 29.5 Å². The zero-order valence-electron chi connectivity index (χ0n) is 11.3. The van der Waals surface area contributed by atoms with Crippen molar-refractivity contribution in [3.05, 3.63) is 29.8 Å². The number of hydrogen-bond donors (Lipinski definition) is 1. The first-order valence-electron chi connectivity index (χ1n) is 6.10. The van der Waals surface area contributed by atoms with Gasteiger partial charge in [0.1, 0.15) is 24.9 Å². The van der Waals surface area contributed by atoms with Crippen LogP contribution < -0.4 is 4.74 Å². The average molecular weight is 238 g/mol. The molecule has 0 aliphatic heterocycles. The molecule has 0 radical (unpaired) electrons. The Morgan fingerprint density at radius 2 is 2.06 bits per heavy atom. The fraction of sp³-hybridized carbons (Fsp3) is 0.571. The van der Waals surface area contributed by atoms with Gasteiger partial charge in [-0.15, -0.1) is 0 Å². The van der Waals surface area contributed by atoms with Gasteiger partial charge in [0.25, 0.3) is 0 Å². The lowest BCUT2D eigenvalue weighted by molar-refractivity contribution is -0.906. The third kappa shape index (κ3) is 4.75. The minimum absolute atomic E-state index is 0.226. The molecule has 3 heteroatoms. The van der Waals surface area contributed by atoms with Crippen LogP contribution in [0.2, 0.25) is 0 Å². The number of methoxy groups -OCH3 is 1. The first-order valence-corrected chi connectivity index (χ1v) is 6.10. The van der Waals surface area contributed by atoms with Crippen LogP contribution in [-0.2, 0) is 6.54 Å². The fourth-order valence-electron chi connectivity index (χ4n) is 2.03. The summed E-state index contributed by atoms with van der Waals surface area (Å²) in [6.07, 6.45) is 0.579. The molecule has 0 bridgehead atoms. The average Bonchev–Trinajstić information content (AvgIpc) is 2.27. The first kappa shape index (κ1) is 14.0. The van der Waals surface area contributed by atoms with E-state index in [-0.39, 0.29) is 6.10 Å². The molecular formula is C14H24NO2+. The number of aliphatic hydroxyl groups excluding tert-OH is 1. The van der Waals surface area contributed by atoms with Crippen LogP contribution >= 0.6 is 0 Å². The highest BCUT2D eigenvalue weighted by Crippen LogP contribution is 2.16. The Morgan fingerprint density at radius 1 is 1.35 bits per heavy atom. The van der Waals surface area contributed by atoms with Gasteiger partial charge in [0.05, 0.1) is 21.2 Å². The Hall–Kier alpha value is -1.06. The monoisotopic (exact) mass is 238 g/mol. The summed E-state index contributed by atoms with van der Waals surface area (Å²) < 4.78 is 6.00. The van der Waals surface area contributed by atoms with Gasteiger partial charge in [0, 0.05) is 5.56 Å². The number of rotatable bonds is 6. The van der Waals surface area contributed by atoms with Gasteiger partial charge in [0.2, 0.25) is 0 Å². The van der Waals surface area contributed by atoms with E-state index in [9.17, 15) is 5.11 Å². The van der Waals surface area contributed by atoms with E-state index in [0.29, 0.717) is 0 Å². The number of ether oxygens (including phenoxy) is 1. The molecule has 0 heterocycles. The zero-order chi connectivity index (χ0) is 12.9. The molecule has 0 saturated heterocycles. The van der Waals surface area contributed by atoms with Crippen molar-refractivity contribution in [2.45, 2.75) is 26.0 Å². The standard InChI is InChI=1S/C14H24NO2/c1-5-13(16)11-15(2,3)10-12-7-6-8-14(9-12)17-4/h6-9,13,16H,5,10-11H2,1-4H3/q+1. The van der Waals surface area contributed by atoms with E-state index in [2.05, 4.69) is 26.2 Å². The van der Waals surface area contributed by atoms with E-state index in [4.69, 9.17) is 4.74 Å². The maximum atomic E-state index is 9.73. The quantitative estimate of drug-likeness (QED) is 0.769. The number of likely N-dealkylation sites (N-methyl/N-ethyl adjacent to an activating group) is 1. The maximum Gasteiger partial charge on any atom is 0.119 e. The smallest absolute Gasteiger partial charge is 0.119 e. The summed E-state index contributed by atoms with van der Waals surface area (Å²) in [5.41, 5.74) is 1.23. The van der Waals surface area contributed by atoms with Gasteiger partial charge in [-0.05, 0) is 18.6 Å². The van der Waals surface area contributed by atoms with Crippen LogP contribution in [0.5, 0.6) is 5.75 Å². The van der Waals surface area contributed by atoms with Gasteiger partial charge in [-0.3, -0.25) is 0 Å². The molecule has 1 N–H and O–H groups in total. The number of hydrogen-bond acceptors (Lipinski definition) is 2. The molecule has 0 aliphatic carbocycles. The Labute approximate surface area is 104 Å². The van der Waals surface area contributed by atoms with Crippen molar-refractivity contribution in [2.75, 3.05) is 27.7 Å². The van der Waals surface area contributed by atoms with Crippen molar-refractivity contribution in [1.29, 1.82) is 0 Å². The number of quaternary nitrogens is 1. The maximum absolute atomic E-state index is 9.73. The largest absolute Gasteiger partial charge is 0.497 e. The van der Waals surface area contributed by atoms with Gasteiger partial charge >= 0.3 is 0 Å². The lowest BCUT2D eigenvalue weighted by Gasteiger charge is -2.31. The Morgan fingerprint density at radius 3 is 2.65 bits per heavy atom. The molecule has 0 amide bonds. The summed E-state index contributed by atoms with van der Waals surface area (Å²) in [5, 5.41) is 9.73. The molecule has 3 nitrogen and oxygen atoms in total. The second-order valence-corrected chi connectivity index (χ2v) is 5.19.